The predicted molar refractivity (Wildman–Crippen MR) is 131 cm³/mol. The van der Waals surface area contributed by atoms with Gasteiger partial charge in [-0.05, 0) is 24.0 Å². The summed E-state index contributed by atoms with van der Waals surface area (Å²) in [6.07, 6.45) is 1.07. The van der Waals surface area contributed by atoms with E-state index in [1.807, 2.05) is 24.3 Å². The third-order valence-corrected chi connectivity index (χ3v) is 5.40. The highest BCUT2D eigenvalue weighted by Crippen LogP contribution is 2.41. The van der Waals surface area contributed by atoms with Crippen LogP contribution in [0, 0.1) is 5.92 Å². The van der Waals surface area contributed by atoms with Gasteiger partial charge in [0, 0.05) is 43.9 Å². The lowest BCUT2D eigenvalue weighted by molar-refractivity contribution is 0.149. The summed E-state index contributed by atoms with van der Waals surface area (Å²) in [5.74, 6) is 2.89. The Morgan fingerprint density at radius 1 is 0.903 bits per heavy atom. The lowest BCUT2D eigenvalue weighted by atomic mass is 9.93. The number of benzene rings is 2. The molecule has 0 amide bonds. The Labute approximate surface area is 199 Å². The summed E-state index contributed by atoms with van der Waals surface area (Å²) in [5.41, 5.74) is 2.32. The molecule has 0 aromatic heterocycles. The molecule has 2 aromatic carbocycles. The minimum atomic E-state index is 0. The maximum Gasteiger partial charge on any atom is 0.164 e. The third kappa shape index (κ3) is 7.46. The molecule has 2 aromatic rings. The first-order valence-corrected chi connectivity index (χ1v) is 10.5. The molecule has 1 fully saturated rings. The molecule has 1 heterocycles. The standard InChI is InChI=1S/C24H34N2O3.2ClH/c1-18(2)14-21(26-12-10-25-11-13-26)20-15-23(27-3)24(28-4)16-22(20)29-17-19-8-6-5-7-9-19;;/h5-9,15-16,18,21,25H,10-14,17H2,1-4H3;2*1H/t21-;;/m1../s1. The fourth-order valence-electron chi connectivity index (χ4n) is 3.91. The molecule has 31 heavy (non-hydrogen) atoms. The van der Waals surface area contributed by atoms with Crippen LogP contribution in [0.5, 0.6) is 17.2 Å². The van der Waals surface area contributed by atoms with Crippen molar-refractivity contribution in [3.63, 3.8) is 0 Å². The highest BCUT2D eigenvalue weighted by Gasteiger charge is 2.27. The summed E-state index contributed by atoms with van der Waals surface area (Å²) < 4.78 is 17.5. The smallest absolute Gasteiger partial charge is 0.164 e. The van der Waals surface area contributed by atoms with E-state index >= 15 is 0 Å². The van der Waals surface area contributed by atoms with Crippen molar-refractivity contribution in [1.29, 1.82) is 0 Å². The molecule has 0 aliphatic carbocycles. The number of nitrogens with one attached hydrogen (secondary N) is 1. The number of rotatable bonds is 9. The van der Waals surface area contributed by atoms with Crippen LogP contribution in [-0.2, 0) is 6.61 Å². The summed E-state index contributed by atoms with van der Waals surface area (Å²) in [7, 11) is 3.36. The van der Waals surface area contributed by atoms with Crippen LogP contribution in [0.15, 0.2) is 42.5 Å². The largest absolute Gasteiger partial charge is 0.493 e. The number of nitrogens with zero attached hydrogens (tertiary/aromatic N) is 1. The van der Waals surface area contributed by atoms with Gasteiger partial charge >= 0.3 is 0 Å². The number of hydrogen-bond donors (Lipinski definition) is 1. The monoisotopic (exact) mass is 470 g/mol. The molecular formula is C24H36Cl2N2O3. The van der Waals surface area contributed by atoms with Gasteiger partial charge in [0.2, 0.25) is 0 Å². The van der Waals surface area contributed by atoms with Gasteiger partial charge in [-0.2, -0.15) is 0 Å². The molecule has 3 rings (SSSR count). The molecule has 5 nitrogen and oxygen atoms in total. The van der Waals surface area contributed by atoms with Gasteiger partial charge in [0.05, 0.1) is 14.2 Å². The highest BCUT2D eigenvalue weighted by atomic mass is 35.5. The van der Waals surface area contributed by atoms with Crippen molar-refractivity contribution in [2.75, 3.05) is 40.4 Å². The SMILES string of the molecule is COc1cc(OCc2ccccc2)c([C@@H](CC(C)C)N2CCNCC2)cc1OC.Cl.Cl. The van der Waals surface area contributed by atoms with Crippen molar-refractivity contribution in [2.24, 2.45) is 5.92 Å². The normalized spacial score (nSPS) is 14.9. The maximum absolute atomic E-state index is 6.34. The molecule has 0 radical (unpaired) electrons. The van der Waals surface area contributed by atoms with Crippen LogP contribution >= 0.6 is 24.8 Å². The Bertz CT molecular complexity index is 769. The quantitative estimate of drug-likeness (QED) is 0.550. The van der Waals surface area contributed by atoms with Gasteiger partial charge in [-0.1, -0.05) is 44.2 Å². The zero-order chi connectivity index (χ0) is 20.6. The van der Waals surface area contributed by atoms with Crippen LogP contribution in [0.25, 0.3) is 0 Å². The first-order chi connectivity index (χ1) is 14.1. The van der Waals surface area contributed by atoms with Gasteiger partial charge in [0.1, 0.15) is 12.4 Å². The molecule has 0 spiro atoms. The minimum absolute atomic E-state index is 0. The van der Waals surface area contributed by atoms with Crippen molar-refractivity contribution < 1.29 is 14.2 Å². The molecule has 1 saturated heterocycles. The zero-order valence-electron chi connectivity index (χ0n) is 18.9. The van der Waals surface area contributed by atoms with Crippen molar-refractivity contribution in [3.05, 3.63) is 53.6 Å². The second-order valence-corrected chi connectivity index (χ2v) is 7.95. The van der Waals surface area contributed by atoms with E-state index in [0.717, 1.165) is 49.7 Å². The molecule has 0 unspecified atom stereocenters. The topological polar surface area (TPSA) is 43.0 Å². The maximum atomic E-state index is 6.34. The van der Waals surface area contributed by atoms with Crippen LogP contribution in [0.2, 0.25) is 0 Å². The minimum Gasteiger partial charge on any atom is -0.493 e. The van der Waals surface area contributed by atoms with Crippen molar-refractivity contribution in [1.82, 2.24) is 10.2 Å². The van der Waals surface area contributed by atoms with E-state index in [1.165, 1.54) is 5.56 Å². The first kappa shape index (κ1) is 27.4. The second kappa shape index (κ2) is 13.7. The van der Waals surface area contributed by atoms with Crippen molar-refractivity contribution in [3.8, 4) is 17.2 Å². The van der Waals surface area contributed by atoms with Gasteiger partial charge < -0.3 is 19.5 Å². The lowest BCUT2D eigenvalue weighted by Crippen LogP contribution is -2.45. The summed E-state index contributed by atoms with van der Waals surface area (Å²) in [4.78, 5) is 2.56. The number of halogens is 2. The van der Waals surface area contributed by atoms with Gasteiger partial charge in [-0.3, -0.25) is 4.90 Å². The van der Waals surface area contributed by atoms with E-state index in [2.05, 4.69) is 42.3 Å². The average molecular weight is 471 g/mol. The lowest BCUT2D eigenvalue weighted by Gasteiger charge is -2.37. The van der Waals surface area contributed by atoms with Crippen LogP contribution in [-0.4, -0.2) is 45.3 Å². The van der Waals surface area contributed by atoms with Crippen LogP contribution < -0.4 is 19.5 Å². The molecule has 7 heteroatoms. The van der Waals surface area contributed by atoms with Crippen LogP contribution in [0.4, 0.5) is 0 Å². The number of hydrogen-bond acceptors (Lipinski definition) is 5. The predicted octanol–water partition coefficient (Wildman–Crippen LogP) is 5.12. The Balaban J connectivity index is 0.00000240. The third-order valence-electron chi connectivity index (χ3n) is 5.40. The van der Waals surface area contributed by atoms with Gasteiger partial charge in [-0.25, -0.2) is 0 Å². The van der Waals surface area contributed by atoms with E-state index in [0.29, 0.717) is 18.3 Å². The Hall–Kier alpha value is -1.66. The molecule has 1 aliphatic heterocycles. The summed E-state index contributed by atoms with van der Waals surface area (Å²) in [6.45, 7) is 9.18. The molecular weight excluding hydrogens is 435 g/mol. The number of piperazine rings is 1. The molecule has 174 valence electrons. The fraction of sp³-hybridized carbons (Fsp3) is 0.500. The van der Waals surface area contributed by atoms with E-state index in [-0.39, 0.29) is 30.9 Å². The summed E-state index contributed by atoms with van der Waals surface area (Å²) in [6, 6.07) is 14.6. The molecule has 1 aliphatic rings. The molecule has 0 saturated carbocycles. The van der Waals surface area contributed by atoms with E-state index < -0.39 is 0 Å². The first-order valence-electron chi connectivity index (χ1n) is 10.5. The van der Waals surface area contributed by atoms with Crippen LogP contribution in [0.1, 0.15) is 37.4 Å². The zero-order valence-corrected chi connectivity index (χ0v) is 20.6. The molecule has 0 bridgehead atoms. The number of ether oxygens (including phenoxy) is 3. The highest BCUT2D eigenvalue weighted by molar-refractivity contribution is 5.85. The molecule has 1 N–H and O–H groups in total. The van der Waals surface area contributed by atoms with E-state index in [1.54, 1.807) is 14.2 Å². The van der Waals surface area contributed by atoms with Gasteiger partial charge in [-0.15, -0.1) is 24.8 Å². The average Bonchev–Trinajstić information content (AvgIpc) is 2.76. The van der Waals surface area contributed by atoms with Gasteiger partial charge in [0.15, 0.2) is 11.5 Å². The van der Waals surface area contributed by atoms with E-state index in [4.69, 9.17) is 14.2 Å². The van der Waals surface area contributed by atoms with E-state index in [9.17, 15) is 0 Å². The fourth-order valence-corrected chi connectivity index (χ4v) is 3.91. The summed E-state index contributed by atoms with van der Waals surface area (Å²) in [5, 5.41) is 3.46. The Kier molecular flexibility index (Phi) is 12.1. The van der Waals surface area contributed by atoms with Crippen LogP contribution in [0.3, 0.4) is 0 Å². The van der Waals surface area contributed by atoms with Crippen molar-refractivity contribution in [2.45, 2.75) is 32.9 Å². The summed E-state index contributed by atoms with van der Waals surface area (Å²) >= 11 is 0. The Morgan fingerprint density at radius 2 is 1.52 bits per heavy atom. The second-order valence-electron chi connectivity index (χ2n) is 7.95. The number of methoxy groups -OCH3 is 2. The molecule has 1 atom stereocenters. The van der Waals surface area contributed by atoms with Gasteiger partial charge in [0.25, 0.3) is 0 Å². The Morgan fingerprint density at radius 3 is 2.10 bits per heavy atom. The van der Waals surface area contributed by atoms with Crippen molar-refractivity contribution >= 4 is 24.8 Å².